The monoisotopic (exact) mass is 875 g/mol. The van der Waals surface area contributed by atoms with Gasteiger partial charge in [0.05, 0.1) is 63.5 Å². The highest BCUT2D eigenvalue weighted by molar-refractivity contribution is 5.52. The van der Waals surface area contributed by atoms with Crippen molar-refractivity contribution < 1.29 is 23.2 Å². The van der Waals surface area contributed by atoms with Crippen molar-refractivity contribution in [2.75, 3.05) is 52.4 Å². The Bertz CT molecular complexity index is 1540. The molecule has 0 fully saturated rings. The van der Waals surface area contributed by atoms with Crippen molar-refractivity contribution in [1.82, 2.24) is 0 Å². The van der Waals surface area contributed by atoms with Crippen LogP contribution in [0.3, 0.4) is 0 Å². The highest BCUT2D eigenvalue weighted by Gasteiger charge is 2.41. The first-order valence-electron chi connectivity index (χ1n) is 27.4. The molecule has 2 aromatic rings. The van der Waals surface area contributed by atoms with Crippen LogP contribution in [0.2, 0.25) is 0 Å². The molecule has 4 rings (SSSR count). The van der Waals surface area contributed by atoms with E-state index >= 15 is 0 Å². The van der Waals surface area contributed by atoms with Crippen molar-refractivity contribution in [3.8, 4) is 11.5 Å². The zero-order valence-electron chi connectivity index (χ0n) is 43.7. The second-order valence-corrected chi connectivity index (χ2v) is 21.4. The molecule has 2 heterocycles. The predicted molar refractivity (Wildman–Crippen MR) is 271 cm³/mol. The Hall–Kier alpha value is -2.08. The zero-order valence-corrected chi connectivity index (χ0v) is 43.7. The van der Waals surface area contributed by atoms with Gasteiger partial charge in [0.15, 0.2) is 0 Å². The van der Waals surface area contributed by atoms with Crippen LogP contribution < -0.4 is 9.47 Å². The smallest absolute Gasteiger partial charge is 0.233 e. The van der Waals surface area contributed by atoms with Crippen molar-refractivity contribution in [1.29, 1.82) is 0 Å². The molecule has 2 aromatic carbocycles. The van der Waals surface area contributed by atoms with Crippen LogP contribution in [0.5, 0.6) is 11.5 Å². The Kier molecular flexibility index (Phi) is 23.4. The number of hydrogen-bond acceptors (Lipinski definition) is 3. The summed E-state index contributed by atoms with van der Waals surface area (Å²) in [6, 6.07) is 9.56. The summed E-state index contributed by atoms with van der Waals surface area (Å²) in [4.78, 5) is 0. The van der Waals surface area contributed by atoms with Crippen LogP contribution in [0.25, 0.3) is 0 Å². The van der Waals surface area contributed by atoms with Crippen molar-refractivity contribution in [2.45, 2.75) is 230 Å². The fraction of sp³-hybridized carbons (Fsp3) is 0.793. The van der Waals surface area contributed by atoms with Crippen LogP contribution in [0.4, 0.5) is 0 Å². The normalized spacial score (nSPS) is 18.0. The maximum absolute atomic E-state index is 6.86. The van der Waals surface area contributed by atoms with Gasteiger partial charge in [-0.05, 0) is 124 Å². The lowest BCUT2D eigenvalue weighted by atomic mass is 9.80. The number of fused-ring (bicyclic) bond motifs is 6. The highest BCUT2D eigenvalue weighted by atomic mass is 16.8. The topological polar surface area (TPSA) is 27.7 Å². The van der Waals surface area contributed by atoms with E-state index in [1.165, 1.54) is 206 Å². The Labute approximate surface area is 391 Å². The minimum absolute atomic E-state index is 0.439. The van der Waals surface area contributed by atoms with Crippen LogP contribution in [-0.4, -0.2) is 61.3 Å². The van der Waals surface area contributed by atoms with Crippen molar-refractivity contribution in [2.24, 2.45) is 17.8 Å². The number of quaternary nitrogens is 2. The van der Waals surface area contributed by atoms with E-state index in [2.05, 4.69) is 107 Å². The van der Waals surface area contributed by atoms with Gasteiger partial charge in [-0.3, -0.25) is 4.74 Å². The SMILES string of the molecule is CCCCC(CCC)C(C)c1cc(C)c2c(c1)C1Oc3c(C)cc(CCC(CC(C)C[N+](CCCC)(CCCC)CCCC)C[N+](CCCC)(CCCC)CCCC)cc3C(O2)O1. The summed E-state index contributed by atoms with van der Waals surface area (Å²) in [6.07, 6.45) is 25.0. The van der Waals surface area contributed by atoms with Gasteiger partial charge in [0.25, 0.3) is 0 Å². The molecule has 6 atom stereocenters. The molecule has 0 saturated heterocycles. The van der Waals surface area contributed by atoms with Gasteiger partial charge in [0.1, 0.15) is 11.5 Å². The second-order valence-electron chi connectivity index (χ2n) is 21.4. The molecule has 6 unspecified atom stereocenters. The number of nitrogens with zero attached hydrogens (tertiary/aromatic N) is 2. The Morgan fingerprint density at radius 2 is 0.968 bits per heavy atom. The minimum Gasteiger partial charge on any atom is -0.459 e. The lowest BCUT2D eigenvalue weighted by Gasteiger charge is -2.44. The standard InChI is InChI=1S/C58H102N2O3/c1-13-21-29-51(28-20-8)48(12)52-40-47(11)56-54(42-52)58-61-55-46(10)39-49(41-53(55)57(62-56)63-58)30-31-50(44-60(35-25-17-5,36-26-18-6)37-27-19-7)38-45(9)43-59(32-22-14-2,33-23-15-3)34-24-16-4/h39-42,45,48,50-51,57-58H,13-38,43-44H2,1-12H3/q+2. The summed E-state index contributed by atoms with van der Waals surface area (Å²) < 4.78 is 23.1. The number of rotatable bonds is 34. The minimum atomic E-state index is -0.443. The van der Waals surface area contributed by atoms with Gasteiger partial charge < -0.3 is 18.4 Å². The van der Waals surface area contributed by atoms with Crippen molar-refractivity contribution in [3.05, 3.63) is 57.6 Å². The van der Waals surface area contributed by atoms with E-state index in [4.69, 9.17) is 14.2 Å². The predicted octanol–water partition coefficient (Wildman–Crippen LogP) is 16.5. The first kappa shape index (κ1) is 53.5. The molecule has 360 valence electrons. The molecule has 0 N–H and O–H groups in total. The molecular weight excluding hydrogens is 773 g/mol. The Morgan fingerprint density at radius 3 is 1.44 bits per heavy atom. The Morgan fingerprint density at radius 1 is 0.508 bits per heavy atom. The molecule has 2 aliphatic heterocycles. The summed E-state index contributed by atoms with van der Waals surface area (Å²) in [7, 11) is 0. The molecule has 0 spiro atoms. The van der Waals surface area contributed by atoms with Crippen molar-refractivity contribution in [3.63, 3.8) is 0 Å². The Balaban J connectivity index is 1.63. The molecule has 0 aliphatic carbocycles. The summed E-state index contributed by atoms with van der Waals surface area (Å²) in [5.74, 6) is 4.52. The van der Waals surface area contributed by atoms with E-state index in [0.717, 1.165) is 29.0 Å². The quantitative estimate of drug-likeness (QED) is 0.0656. The van der Waals surface area contributed by atoms with Crippen LogP contribution in [-0.2, 0) is 11.2 Å². The summed E-state index contributed by atoms with van der Waals surface area (Å²) in [6.45, 7) is 39.3. The van der Waals surface area contributed by atoms with E-state index in [1.54, 1.807) is 0 Å². The average Bonchev–Trinajstić information content (AvgIpc) is 3.28. The summed E-state index contributed by atoms with van der Waals surface area (Å²) in [5, 5.41) is 0. The van der Waals surface area contributed by atoms with Gasteiger partial charge >= 0.3 is 0 Å². The number of benzene rings is 2. The lowest BCUT2D eigenvalue weighted by Crippen LogP contribution is -2.54. The van der Waals surface area contributed by atoms with E-state index in [-0.39, 0.29) is 0 Å². The van der Waals surface area contributed by atoms with Gasteiger partial charge in [0.2, 0.25) is 12.6 Å². The number of aryl methyl sites for hydroxylation is 3. The molecule has 0 radical (unpaired) electrons. The molecule has 0 saturated carbocycles. The first-order chi connectivity index (χ1) is 30.4. The molecule has 0 aromatic heterocycles. The third-order valence-corrected chi connectivity index (χ3v) is 15.6. The fourth-order valence-corrected chi connectivity index (χ4v) is 11.9. The molecule has 2 aliphatic rings. The average molecular weight is 875 g/mol. The third-order valence-electron chi connectivity index (χ3n) is 15.6. The zero-order chi connectivity index (χ0) is 45.8. The van der Waals surface area contributed by atoms with Crippen LogP contribution in [0, 0.1) is 31.6 Å². The lowest BCUT2D eigenvalue weighted by molar-refractivity contribution is -0.934. The first-order valence-corrected chi connectivity index (χ1v) is 27.4. The molecule has 2 bridgehead atoms. The van der Waals surface area contributed by atoms with Gasteiger partial charge in [-0.2, -0.15) is 0 Å². The van der Waals surface area contributed by atoms with Crippen LogP contribution >= 0.6 is 0 Å². The van der Waals surface area contributed by atoms with E-state index < -0.39 is 12.6 Å². The van der Waals surface area contributed by atoms with Gasteiger partial charge in [-0.25, -0.2) is 0 Å². The van der Waals surface area contributed by atoms with Gasteiger partial charge in [-0.1, -0.05) is 146 Å². The molecular formula is C58H102N2O3+2. The van der Waals surface area contributed by atoms with Gasteiger partial charge in [-0.15, -0.1) is 0 Å². The summed E-state index contributed by atoms with van der Waals surface area (Å²) >= 11 is 0. The third kappa shape index (κ3) is 15.5. The van der Waals surface area contributed by atoms with Crippen LogP contribution in [0.1, 0.15) is 243 Å². The fourth-order valence-electron chi connectivity index (χ4n) is 11.9. The molecule has 5 heteroatoms. The number of unbranched alkanes of at least 4 members (excludes halogenated alkanes) is 7. The van der Waals surface area contributed by atoms with E-state index in [0.29, 0.717) is 23.7 Å². The maximum atomic E-state index is 6.86. The summed E-state index contributed by atoms with van der Waals surface area (Å²) in [5.41, 5.74) is 7.35. The molecule has 63 heavy (non-hydrogen) atoms. The second kappa shape index (κ2) is 27.5. The largest absolute Gasteiger partial charge is 0.459 e. The number of ether oxygens (including phenoxy) is 3. The maximum Gasteiger partial charge on any atom is 0.233 e. The number of hydrogen-bond donors (Lipinski definition) is 0. The molecule has 0 amide bonds. The van der Waals surface area contributed by atoms with Crippen LogP contribution in [0.15, 0.2) is 24.3 Å². The highest BCUT2D eigenvalue weighted by Crippen LogP contribution is 2.51. The van der Waals surface area contributed by atoms with E-state index in [9.17, 15) is 0 Å². The van der Waals surface area contributed by atoms with E-state index in [1.807, 2.05) is 0 Å². The van der Waals surface area contributed by atoms with Gasteiger partial charge in [0, 0.05) is 11.8 Å². The molecule has 5 nitrogen and oxygen atoms in total. The van der Waals surface area contributed by atoms with Crippen molar-refractivity contribution >= 4 is 0 Å².